The highest BCUT2D eigenvalue weighted by atomic mass is 15.1. The second-order valence-electron chi connectivity index (χ2n) is 4.06. The Morgan fingerprint density at radius 1 is 1.33 bits per heavy atom. The van der Waals surface area contributed by atoms with Gasteiger partial charge in [0.15, 0.2) is 0 Å². The van der Waals surface area contributed by atoms with E-state index in [-0.39, 0.29) is 0 Å². The van der Waals surface area contributed by atoms with E-state index in [1.54, 1.807) is 0 Å². The van der Waals surface area contributed by atoms with Crippen LogP contribution in [0.4, 0.5) is 0 Å². The molecule has 0 aliphatic heterocycles. The smallest absolute Gasteiger partial charge is 0.107 e. The molecule has 4 nitrogen and oxygen atoms in total. The predicted octanol–water partition coefficient (Wildman–Crippen LogP) is 1.30. The molecule has 0 atom stereocenters. The molecule has 2 heterocycles. The zero-order valence-electron chi connectivity index (χ0n) is 9.44. The van der Waals surface area contributed by atoms with Crippen molar-refractivity contribution >= 4 is 11.0 Å². The van der Waals surface area contributed by atoms with Gasteiger partial charge in [0, 0.05) is 18.8 Å². The molecular weight excluding hydrogens is 188 g/mol. The zero-order valence-corrected chi connectivity index (χ0v) is 9.44. The van der Waals surface area contributed by atoms with E-state index < -0.39 is 0 Å². The number of fused-ring (bicyclic) bond motifs is 1. The fraction of sp³-hybridized carbons (Fsp3) is 0.455. The van der Waals surface area contributed by atoms with Gasteiger partial charge in [-0.15, -0.1) is 0 Å². The summed E-state index contributed by atoms with van der Waals surface area (Å²) in [5.41, 5.74) is 3.18. The van der Waals surface area contributed by atoms with E-state index in [0.717, 1.165) is 24.3 Å². The lowest BCUT2D eigenvalue weighted by Crippen LogP contribution is -2.17. The van der Waals surface area contributed by atoms with Gasteiger partial charge in [-0.1, -0.05) is 0 Å². The molecule has 80 valence electrons. The minimum atomic E-state index is 0.965. The molecule has 0 aliphatic carbocycles. The molecule has 15 heavy (non-hydrogen) atoms. The van der Waals surface area contributed by atoms with Gasteiger partial charge < -0.3 is 9.47 Å². The van der Waals surface area contributed by atoms with Crippen molar-refractivity contribution in [2.24, 2.45) is 0 Å². The molecule has 0 saturated heterocycles. The van der Waals surface area contributed by atoms with E-state index in [2.05, 4.69) is 39.6 Å². The van der Waals surface area contributed by atoms with Crippen molar-refractivity contribution in [3.05, 3.63) is 24.3 Å². The third-order valence-electron chi connectivity index (χ3n) is 2.43. The van der Waals surface area contributed by atoms with Gasteiger partial charge >= 0.3 is 0 Å². The molecule has 0 saturated carbocycles. The van der Waals surface area contributed by atoms with Crippen molar-refractivity contribution < 1.29 is 0 Å². The third kappa shape index (κ3) is 2.15. The number of imidazole rings is 1. The number of pyridine rings is 1. The van der Waals surface area contributed by atoms with Crippen LogP contribution in [-0.2, 0) is 6.54 Å². The first kappa shape index (κ1) is 10.1. The molecule has 4 heteroatoms. The normalized spacial score (nSPS) is 11.5. The number of rotatable bonds is 3. The number of aromatic nitrogens is 3. The van der Waals surface area contributed by atoms with Crippen molar-refractivity contribution in [2.75, 3.05) is 20.6 Å². The molecule has 0 amide bonds. The van der Waals surface area contributed by atoms with Crippen LogP contribution in [0.5, 0.6) is 0 Å². The summed E-state index contributed by atoms with van der Waals surface area (Å²) in [6.07, 6.45) is 3.71. The monoisotopic (exact) mass is 204 g/mol. The average molecular weight is 204 g/mol. The van der Waals surface area contributed by atoms with Gasteiger partial charge in [-0.05, 0) is 27.1 Å². The van der Waals surface area contributed by atoms with Gasteiger partial charge in [-0.25, -0.2) is 4.98 Å². The molecule has 2 rings (SSSR count). The fourth-order valence-corrected chi connectivity index (χ4v) is 1.55. The first-order valence-corrected chi connectivity index (χ1v) is 5.09. The molecule has 0 bridgehead atoms. The third-order valence-corrected chi connectivity index (χ3v) is 2.43. The minimum Gasteiger partial charge on any atom is -0.329 e. The van der Waals surface area contributed by atoms with Crippen LogP contribution in [0.2, 0.25) is 0 Å². The van der Waals surface area contributed by atoms with Crippen molar-refractivity contribution in [1.29, 1.82) is 0 Å². The highest BCUT2D eigenvalue weighted by molar-refractivity contribution is 5.74. The van der Waals surface area contributed by atoms with Gasteiger partial charge in [0.05, 0.1) is 18.0 Å². The quantitative estimate of drug-likeness (QED) is 0.755. The summed E-state index contributed by atoms with van der Waals surface area (Å²) in [5, 5.41) is 0. The summed E-state index contributed by atoms with van der Waals surface area (Å²) >= 11 is 0. The van der Waals surface area contributed by atoms with Gasteiger partial charge in [-0.2, -0.15) is 0 Å². The first-order valence-electron chi connectivity index (χ1n) is 5.09. The Morgan fingerprint density at radius 2 is 2.13 bits per heavy atom. The Labute approximate surface area is 89.6 Å². The highest BCUT2D eigenvalue weighted by Crippen LogP contribution is 2.12. The van der Waals surface area contributed by atoms with Crippen LogP contribution in [0.1, 0.15) is 5.69 Å². The number of likely N-dealkylation sites (N-methyl/N-ethyl adjacent to an activating group) is 1. The van der Waals surface area contributed by atoms with Gasteiger partial charge in [0.25, 0.3) is 0 Å². The molecule has 0 aromatic carbocycles. The lowest BCUT2D eigenvalue weighted by molar-refractivity contribution is 0.386. The highest BCUT2D eigenvalue weighted by Gasteiger charge is 2.03. The maximum Gasteiger partial charge on any atom is 0.107 e. The Balaban J connectivity index is 2.31. The molecule has 0 aliphatic rings. The molecule has 0 spiro atoms. The van der Waals surface area contributed by atoms with Crippen molar-refractivity contribution in [2.45, 2.75) is 13.5 Å². The minimum absolute atomic E-state index is 0.965. The first-order chi connectivity index (χ1) is 7.16. The standard InChI is InChI=1S/C11H16N4/c1-9-6-11-10(7-12-9)13-8-15(11)5-4-14(2)3/h6-8H,4-5H2,1-3H3. The SMILES string of the molecule is Cc1cc2c(cn1)ncn2CCN(C)C. The van der Waals surface area contributed by atoms with E-state index in [1.165, 1.54) is 5.52 Å². The van der Waals surface area contributed by atoms with Crippen LogP contribution in [0.3, 0.4) is 0 Å². The zero-order chi connectivity index (χ0) is 10.8. The van der Waals surface area contributed by atoms with Crippen molar-refractivity contribution in [1.82, 2.24) is 19.4 Å². The van der Waals surface area contributed by atoms with Crippen LogP contribution >= 0.6 is 0 Å². The van der Waals surface area contributed by atoms with Crippen LogP contribution in [-0.4, -0.2) is 40.1 Å². The largest absolute Gasteiger partial charge is 0.329 e. The summed E-state index contributed by atoms with van der Waals surface area (Å²) < 4.78 is 2.17. The molecule has 0 fully saturated rings. The maximum absolute atomic E-state index is 4.32. The number of nitrogens with zero attached hydrogens (tertiary/aromatic N) is 4. The van der Waals surface area contributed by atoms with Gasteiger partial charge in [-0.3, -0.25) is 4.98 Å². The second-order valence-corrected chi connectivity index (χ2v) is 4.06. The topological polar surface area (TPSA) is 34.0 Å². The van der Waals surface area contributed by atoms with Crippen molar-refractivity contribution in [3.8, 4) is 0 Å². The molecule has 0 unspecified atom stereocenters. The summed E-state index contributed by atoms with van der Waals surface area (Å²) in [5.74, 6) is 0. The van der Waals surface area contributed by atoms with E-state index >= 15 is 0 Å². The fourth-order valence-electron chi connectivity index (χ4n) is 1.55. The summed E-state index contributed by atoms with van der Waals surface area (Å²) in [6, 6.07) is 2.08. The van der Waals surface area contributed by atoms with Crippen LogP contribution in [0.15, 0.2) is 18.6 Å². The Hall–Kier alpha value is -1.42. The molecule has 0 N–H and O–H groups in total. The van der Waals surface area contributed by atoms with E-state index in [4.69, 9.17) is 0 Å². The molecule has 2 aromatic rings. The molecule has 0 radical (unpaired) electrons. The second kappa shape index (κ2) is 3.98. The Bertz CT molecular complexity index is 459. The van der Waals surface area contributed by atoms with E-state index in [1.807, 2.05) is 19.4 Å². The summed E-state index contributed by atoms with van der Waals surface area (Å²) in [4.78, 5) is 10.7. The van der Waals surface area contributed by atoms with Gasteiger partial charge in [0.1, 0.15) is 5.52 Å². The number of aryl methyl sites for hydroxylation is 1. The van der Waals surface area contributed by atoms with Crippen LogP contribution in [0, 0.1) is 6.92 Å². The maximum atomic E-state index is 4.32. The Kier molecular flexibility index (Phi) is 2.68. The lowest BCUT2D eigenvalue weighted by atomic mass is 10.3. The average Bonchev–Trinajstić information content (AvgIpc) is 2.57. The predicted molar refractivity (Wildman–Crippen MR) is 60.8 cm³/mol. The molecule has 2 aromatic heterocycles. The summed E-state index contributed by atoms with van der Waals surface area (Å²) in [7, 11) is 4.15. The van der Waals surface area contributed by atoms with Gasteiger partial charge in [0.2, 0.25) is 0 Å². The van der Waals surface area contributed by atoms with Crippen LogP contribution in [0.25, 0.3) is 11.0 Å². The van der Waals surface area contributed by atoms with Crippen LogP contribution < -0.4 is 0 Å². The summed E-state index contributed by atoms with van der Waals surface area (Å²) in [6.45, 7) is 3.99. The number of hydrogen-bond acceptors (Lipinski definition) is 3. The van der Waals surface area contributed by atoms with E-state index in [0.29, 0.717) is 0 Å². The Morgan fingerprint density at radius 3 is 2.87 bits per heavy atom. The lowest BCUT2D eigenvalue weighted by Gasteiger charge is -2.10. The van der Waals surface area contributed by atoms with Crippen molar-refractivity contribution in [3.63, 3.8) is 0 Å². The van der Waals surface area contributed by atoms with E-state index in [9.17, 15) is 0 Å². The molecular formula is C11H16N4. The number of hydrogen-bond donors (Lipinski definition) is 0.